The summed E-state index contributed by atoms with van der Waals surface area (Å²) in [6.45, 7) is 3.87. The number of hydrogen-bond acceptors (Lipinski definition) is 9. The zero-order valence-electron chi connectivity index (χ0n) is 14.1. The molecule has 6 atom stereocenters. The second-order valence-electron chi connectivity index (χ2n) is 6.86. The van der Waals surface area contributed by atoms with Crippen LogP contribution in [0.25, 0.3) is 0 Å². The fourth-order valence-electron chi connectivity index (χ4n) is 2.34. The first kappa shape index (κ1) is 21.5. The van der Waals surface area contributed by atoms with Crippen LogP contribution in [0.5, 0.6) is 0 Å². The van der Waals surface area contributed by atoms with Gasteiger partial charge in [-0.3, -0.25) is 0 Å². The summed E-state index contributed by atoms with van der Waals surface area (Å²) >= 11 is 0. The highest BCUT2D eigenvalue weighted by atomic mass is 16.7. The predicted octanol–water partition coefficient (Wildman–Crippen LogP) is -2.48. The number of carboxylic acids is 1. The minimum atomic E-state index is -2.84. The highest BCUT2D eigenvalue weighted by Gasteiger charge is 2.54. The van der Waals surface area contributed by atoms with Gasteiger partial charge in [-0.1, -0.05) is 0 Å². The van der Waals surface area contributed by atoms with E-state index in [9.17, 15) is 30.0 Å². The van der Waals surface area contributed by atoms with Crippen LogP contribution in [0.3, 0.4) is 0 Å². The molecule has 146 valence electrons. The maximum Gasteiger partial charge on any atom is 0.408 e. The minimum Gasteiger partial charge on any atom is -0.477 e. The van der Waals surface area contributed by atoms with E-state index in [0.717, 1.165) is 0 Å². The van der Waals surface area contributed by atoms with Crippen LogP contribution in [0.15, 0.2) is 0 Å². The summed E-state index contributed by atoms with van der Waals surface area (Å²) in [6, 6.07) is -1.41. The highest BCUT2D eigenvalue weighted by Crippen LogP contribution is 2.30. The maximum absolute atomic E-state index is 11.9. The number of amides is 1. The molecule has 0 radical (unpaired) electrons. The molecule has 0 spiro atoms. The smallest absolute Gasteiger partial charge is 0.408 e. The molecule has 0 aliphatic carbocycles. The van der Waals surface area contributed by atoms with Crippen LogP contribution in [-0.2, 0) is 14.3 Å². The van der Waals surface area contributed by atoms with Crippen LogP contribution in [0.2, 0.25) is 0 Å². The monoisotopic (exact) mass is 367 g/mol. The van der Waals surface area contributed by atoms with E-state index in [2.05, 4.69) is 5.32 Å². The van der Waals surface area contributed by atoms with Gasteiger partial charge >= 0.3 is 12.1 Å². The van der Waals surface area contributed by atoms with Gasteiger partial charge in [0.2, 0.25) is 0 Å². The summed E-state index contributed by atoms with van der Waals surface area (Å²) in [5.41, 5.74) is -0.870. The first-order valence-corrected chi connectivity index (χ1v) is 7.59. The molecule has 11 heteroatoms. The maximum atomic E-state index is 11.9. The van der Waals surface area contributed by atoms with E-state index in [-0.39, 0.29) is 0 Å². The van der Waals surface area contributed by atoms with E-state index in [4.69, 9.17) is 19.7 Å². The standard InChI is InChI=1S/C14H25NO10/c1-13(2,3)25-12(22)15-8-6(17)4-14(23,11(20)21)24-10(8)9(19)7(18)5-16/h6-10,16-19,23H,4-5H2,1-3H3,(H,15,22)(H,20,21)/t6-,7+,8+,9-,10+,14?/m0/s1. The van der Waals surface area contributed by atoms with Crippen LogP contribution in [0.1, 0.15) is 27.2 Å². The van der Waals surface area contributed by atoms with Crippen LogP contribution >= 0.6 is 0 Å². The molecule has 1 saturated heterocycles. The molecule has 0 aromatic heterocycles. The van der Waals surface area contributed by atoms with Gasteiger partial charge in [0.1, 0.15) is 23.9 Å². The Kier molecular flexibility index (Phi) is 6.73. The number of carbonyl (C=O) groups excluding carboxylic acids is 1. The number of nitrogens with one attached hydrogen (secondary N) is 1. The lowest BCUT2D eigenvalue weighted by molar-refractivity contribution is -0.294. The van der Waals surface area contributed by atoms with Crippen molar-refractivity contribution < 1.29 is 49.7 Å². The molecule has 1 amide bonds. The van der Waals surface area contributed by atoms with Crippen molar-refractivity contribution in [2.24, 2.45) is 0 Å². The Labute approximate surface area is 143 Å². The number of carbonyl (C=O) groups is 2. The van der Waals surface area contributed by atoms with Crippen LogP contribution < -0.4 is 5.32 Å². The summed E-state index contributed by atoms with van der Waals surface area (Å²) in [4.78, 5) is 23.1. The van der Waals surface area contributed by atoms with Gasteiger partial charge < -0.3 is 45.4 Å². The Bertz CT molecular complexity index is 492. The van der Waals surface area contributed by atoms with Crippen molar-refractivity contribution >= 4 is 12.1 Å². The third-order valence-electron chi connectivity index (χ3n) is 3.52. The molecule has 7 N–H and O–H groups in total. The molecular formula is C14H25NO10. The molecule has 1 heterocycles. The quantitative estimate of drug-likeness (QED) is 0.274. The largest absolute Gasteiger partial charge is 0.477 e. The fraction of sp³-hybridized carbons (Fsp3) is 0.857. The number of hydrogen-bond donors (Lipinski definition) is 7. The van der Waals surface area contributed by atoms with Crippen LogP contribution in [0, 0.1) is 0 Å². The summed E-state index contributed by atoms with van der Waals surface area (Å²) in [5.74, 6) is -4.66. The Morgan fingerprint density at radius 2 is 1.92 bits per heavy atom. The lowest BCUT2D eigenvalue weighted by Crippen LogP contribution is -2.67. The molecule has 1 aliphatic rings. The first-order valence-electron chi connectivity index (χ1n) is 7.59. The van der Waals surface area contributed by atoms with Crippen molar-refractivity contribution in [3.8, 4) is 0 Å². The van der Waals surface area contributed by atoms with Crippen molar-refractivity contribution in [3.63, 3.8) is 0 Å². The van der Waals surface area contributed by atoms with Gasteiger partial charge in [0.15, 0.2) is 0 Å². The van der Waals surface area contributed by atoms with Gasteiger partial charge in [-0.05, 0) is 20.8 Å². The number of aliphatic hydroxyl groups is 5. The van der Waals surface area contributed by atoms with E-state index < -0.39 is 66.9 Å². The average molecular weight is 367 g/mol. The Morgan fingerprint density at radius 3 is 2.36 bits per heavy atom. The molecule has 0 aromatic carbocycles. The van der Waals surface area contributed by atoms with Gasteiger partial charge in [-0.2, -0.15) is 0 Å². The second-order valence-corrected chi connectivity index (χ2v) is 6.86. The van der Waals surface area contributed by atoms with Crippen molar-refractivity contribution in [1.82, 2.24) is 5.32 Å². The highest BCUT2D eigenvalue weighted by molar-refractivity contribution is 5.75. The summed E-state index contributed by atoms with van der Waals surface area (Å²) in [6.07, 6.45) is -8.85. The molecule has 11 nitrogen and oxygen atoms in total. The van der Waals surface area contributed by atoms with Gasteiger partial charge in [0.05, 0.1) is 18.8 Å². The second kappa shape index (κ2) is 7.81. The molecule has 1 unspecified atom stereocenters. The normalized spacial score (nSPS) is 32.6. The van der Waals surface area contributed by atoms with Gasteiger partial charge in [-0.25, -0.2) is 9.59 Å². The summed E-state index contributed by atoms with van der Waals surface area (Å²) < 4.78 is 9.95. The van der Waals surface area contributed by atoms with Crippen molar-refractivity contribution in [2.75, 3.05) is 6.61 Å². The van der Waals surface area contributed by atoms with Gasteiger partial charge in [0.25, 0.3) is 5.79 Å². The molecule has 25 heavy (non-hydrogen) atoms. The van der Waals surface area contributed by atoms with Crippen molar-refractivity contribution in [1.29, 1.82) is 0 Å². The number of carboxylic acid groups (broad SMARTS) is 1. The number of ether oxygens (including phenoxy) is 2. The van der Waals surface area contributed by atoms with Gasteiger partial charge in [0, 0.05) is 6.42 Å². The zero-order valence-corrected chi connectivity index (χ0v) is 14.1. The molecule has 0 saturated carbocycles. The number of aliphatic carboxylic acids is 1. The van der Waals surface area contributed by atoms with Gasteiger partial charge in [-0.15, -0.1) is 0 Å². The molecule has 1 fully saturated rings. The summed E-state index contributed by atoms with van der Waals surface area (Å²) in [7, 11) is 0. The predicted molar refractivity (Wildman–Crippen MR) is 80.3 cm³/mol. The molecule has 0 bridgehead atoms. The van der Waals surface area contributed by atoms with E-state index >= 15 is 0 Å². The van der Waals surface area contributed by atoms with Crippen LogP contribution in [-0.4, -0.2) is 91.2 Å². The molecule has 1 rings (SSSR count). The topological polar surface area (TPSA) is 186 Å². The number of rotatable bonds is 5. The Morgan fingerprint density at radius 1 is 1.36 bits per heavy atom. The summed E-state index contributed by atoms with van der Waals surface area (Å²) in [5, 5.41) is 59.9. The van der Waals surface area contributed by atoms with Crippen LogP contribution in [0.4, 0.5) is 4.79 Å². The lowest BCUT2D eigenvalue weighted by atomic mass is 9.89. The van der Waals surface area contributed by atoms with Crippen molar-refractivity contribution in [3.05, 3.63) is 0 Å². The minimum absolute atomic E-state index is 0.804. The molecular weight excluding hydrogens is 342 g/mol. The lowest BCUT2D eigenvalue weighted by Gasteiger charge is -2.44. The Hall–Kier alpha value is -1.50. The average Bonchev–Trinajstić information content (AvgIpc) is 2.46. The SMILES string of the molecule is CC(C)(C)OC(=O)N[C@H]1[C@H]([C@@H](O)[C@H](O)CO)OC(O)(C(=O)O)C[C@@H]1O. The fourth-order valence-corrected chi connectivity index (χ4v) is 2.34. The van der Waals surface area contributed by atoms with E-state index in [1.165, 1.54) is 0 Å². The third-order valence-corrected chi connectivity index (χ3v) is 3.52. The van der Waals surface area contributed by atoms with E-state index in [0.29, 0.717) is 0 Å². The van der Waals surface area contributed by atoms with Crippen molar-refractivity contribution in [2.45, 2.75) is 69.0 Å². The number of aliphatic hydroxyl groups excluding tert-OH is 4. The molecule has 0 aromatic rings. The Balaban J connectivity index is 3.06. The van der Waals surface area contributed by atoms with E-state index in [1.54, 1.807) is 20.8 Å². The first-order chi connectivity index (χ1) is 11.3. The third kappa shape index (κ3) is 5.49. The van der Waals surface area contributed by atoms with E-state index in [1.807, 2.05) is 0 Å². The number of alkyl carbamates (subject to hydrolysis) is 1. The zero-order chi connectivity index (χ0) is 19.6. The molecule has 1 aliphatic heterocycles.